The van der Waals surface area contributed by atoms with Gasteiger partial charge in [0.25, 0.3) is 0 Å². The number of hydrogen-bond donors (Lipinski definition) is 0. The maximum absolute atomic E-state index is 11.8. The molecule has 0 amide bonds. The van der Waals surface area contributed by atoms with Gasteiger partial charge in [0.2, 0.25) is 0 Å². The summed E-state index contributed by atoms with van der Waals surface area (Å²) in [6, 6.07) is 10.5. The normalized spacial score (nSPS) is 19.7. The van der Waals surface area contributed by atoms with Gasteiger partial charge in [0.15, 0.2) is 5.82 Å². The van der Waals surface area contributed by atoms with Crippen LogP contribution in [0.15, 0.2) is 61.0 Å². The summed E-state index contributed by atoms with van der Waals surface area (Å²) in [6.45, 7) is 5.34. The van der Waals surface area contributed by atoms with Crippen molar-refractivity contribution >= 4 is 22.9 Å². The van der Waals surface area contributed by atoms with Gasteiger partial charge in [-0.15, -0.1) is 0 Å². The van der Waals surface area contributed by atoms with Gasteiger partial charge in [0, 0.05) is 55.8 Å². The first-order valence-electron chi connectivity index (χ1n) is 9.47. The Balaban J connectivity index is 1.54. The fourth-order valence-electron chi connectivity index (χ4n) is 3.70. The number of allylic oxidation sites excluding steroid dienone is 4. The predicted octanol–water partition coefficient (Wildman–Crippen LogP) is 3.35. The lowest BCUT2D eigenvalue weighted by Gasteiger charge is -2.37. The van der Waals surface area contributed by atoms with Crippen molar-refractivity contribution in [1.29, 1.82) is 0 Å². The van der Waals surface area contributed by atoms with Crippen LogP contribution in [0.25, 0.3) is 5.57 Å². The number of nitrogens with zero attached hydrogens (tertiary/aromatic N) is 4. The summed E-state index contributed by atoms with van der Waals surface area (Å²) in [6.07, 6.45) is 10.4. The van der Waals surface area contributed by atoms with Crippen molar-refractivity contribution in [2.24, 2.45) is 5.92 Å². The Bertz CT molecular complexity index is 867. The number of para-hydroxylation sites is 1. The Morgan fingerprint density at radius 3 is 2.44 bits per heavy atom. The molecule has 5 heteroatoms. The smallest absolute Gasteiger partial charge is 0.155 e. The Labute approximate surface area is 160 Å². The summed E-state index contributed by atoms with van der Waals surface area (Å²) in [7, 11) is 0. The van der Waals surface area contributed by atoms with E-state index >= 15 is 0 Å². The highest BCUT2D eigenvalue weighted by Gasteiger charge is 2.23. The molecule has 0 spiro atoms. The largest absolute Gasteiger partial charge is 0.368 e. The first-order chi connectivity index (χ1) is 13.2. The number of aromatic nitrogens is 2. The second kappa shape index (κ2) is 7.74. The number of ketones is 1. The summed E-state index contributed by atoms with van der Waals surface area (Å²) in [5.74, 6) is 1.04. The molecule has 0 N–H and O–H groups in total. The lowest BCUT2D eigenvalue weighted by Crippen LogP contribution is -2.47. The molecule has 27 heavy (non-hydrogen) atoms. The number of benzene rings is 1. The van der Waals surface area contributed by atoms with Gasteiger partial charge in [0.1, 0.15) is 11.5 Å². The highest BCUT2D eigenvalue weighted by atomic mass is 16.1. The van der Waals surface area contributed by atoms with Crippen LogP contribution in [0, 0.1) is 5.92 Å². The standard InChI is InChI=1S/C22H24N4O/c1-17(27)18-6-5-7-19(16-18)21-22(24-11-10-23-21)26-14-12-25(13-15-26)20-8-3-2-4-9-20/h2-5,7-11,16,18H,6,12-15H2,1H3. The number of rotatable bonds is 4. The first kappa shape index (κ1) is 17.5. The molecule has 138 valence electrons. The van der Waals surface area contributed by atoms with Crippen LogP contribution in [0.4, 0.5) is 11.5 Å². The molecule has 1 fully saturated rings. The molecule has 1 aromatic heterocycles. The van der Waals surface area contributed by atoms with E-state index in [2.05, 4.69) is 56.2 Å². The third kappa shape index (κ3) is 3.77. The van der Waals surface area contributed by atoms with Gasteiger partial charge in [-0.25, -0.2) is 4.98 Å². The van der Waals surface area contributed by atoms with E-state index in [1.807, 2.05) is 12.1 Å². The van der Waals surface area contributed by atoms with Crippen LogP contribution in [0.3, 0.4) is 0 Å². The van der Waals surface area contributed by atoms with Crippen molar-refractivity contribution in [1.82, 2.24) is 9.97 Å². The van der Waals surface area contributed by atoms with E-state index in [1.54, 1.807) is 19.3 Å². The lowest BCUT2D eigenvalue weighted by molar-refractivity contribution is -0.119. The van der Waals surface area contributed by atoms with Crippen molar-refractivity contribution in [2.75, 3.05) is 36.0 Å². The number of hydrogen-bond acceptors (Lipinski definition) is 5. The van der Waals surface area contributed by atoms with Gasteiger partial charge in [-0.05, 0) is 25.5 Å². The zero-order valence-electron chi connectivity index (χ0n) is 15.6. The van der Waals surface area contributed by atoms with E-state index in [9.17, 15) is 4.79 Å². The Morgan fingerprint density at radius 1 is 1.00 bits per heavy atom. The molecule has 0 bridgehead atoms. The van der Waals surface area contributed by atoms with E-state index in [-0.39, 0.29) is 11.7 Å². The Hall–Kier alpha value is -2.95. The summed E-state index contributed by atoms with van der Waals surface area (Å²) >= 11 is 0. The van der Waals surface area contributed by atoms with Gasteiger partial charge in [0.05, 0.1) is 0 Å². The average Bonchev–Trinajstić information content (AvgIpc) is 2.74. The Morgan fingerprint density at radius 2 is 1.70 bits per heavy atom. The van der Waals surface area contributed by atoms with Crippen LogP contribution in [0.1, 0.15) is 19.0 Å². The number of anilines is 2. The van der Waals surface area contributed by atoms with Gasteiger partial charge in [-0.1, -0.05) is 36.4 Å². The summed E-state index contributed by atoms with van der Waals surface area (Å²) in [5.41, 5.74) is 3.13. The van der Waals surface area contributed by atoms with Gasteiger partial charge >= 0.3 is 0 Å². The number of carbonyl (C=O) groups excluding carboxylic acids is 1. The van der Waals surface area contributed by atoms with Crippen molar-refractivity contribution < 1.29 is 4.79 Å². The molecule has 2 heterocycles. The van der Waals surface area contributed by atoms with Crippen LogP contribution in [0.5, 0.6) is 0 Å². The molecule has 0 radical (unpaired) electrons. The molecule has 1 aromatic carbocycles. The van der Waals surface area contributed by atoms with Crippen LogP contribution in [0.2, 0.25) is 0 Å². The topological polar surface area (TPSA) is 49.3 Å². The third-order valence-electron chi connectivity index (χ3n) is 5.24. The SMILES string of the molecule is CC(=O)C1C=C(c2nccnc2N2CCN(c3ccccc3)CC2)C=CC1. The van der Waals surface area contributed by atoms with Crippen molar-refractivity contribution in [3.8, 4) is 0 Å². The fourth-order valence-corrected chi connectivity index (χ4v) is 3.70. The first-order valence-corrected chi connectivity index (χ1v) is 9.47. The minimum absolute atomic E-state index is 0.0604. The predicted molar refractivity (Wildman–Crippen MR) is 109 cm³/mol. The Kier molecular flexibility index (Phi) is 5.01. The molecule has 1 aliphatic heterocycles. The minimum atomic E-state index is -0.0604. The molecule has 0 saturated carbocycles. The zero-order valence-corrected chi connectivity index (χ0v) is 15.6. The summed E-state index contributed by atoms with van der Waals surface area (Å²) in [4.78, 5) is 25.7. The van der Waals surface area contributed by atoms with Crippen molar-refractivity contribution in [3.05, 3.63) is 66.6 Å². The van der Waals surface area contributed by atoms with E-state index < -0.39 is 0 Å². The monoisotopic (exact) mass is 360 g/mol. The maximum atomic E-state index is 11.8. The molecule has 1 aliphatic carbocycles. The van der Waals surface area contributed by atoms with E-state index in [0.29, 0.717) is 0 Å². The molecule has 4 rings (SSSR count). The molecular formula is C22H24N4O. The third-order valence-corrected chi connectivity index (χ3v) is 5.24. The average molecular weight is 360 g/mol. The summed E-state index contributed by atoms with van der Waals surface area (Å²) in [5, 5.41) is 0. The fraction of sp³-hybridized carbons (Fsp3) is 0.318. The van der Waals surface area contributed by atoms with Gasteiger partial charge in [-0.3, -0.25) is 9.78 Å². The second-order valence-electron chi connectivity index (χ2n) is 7.02. The van der Waals surface area contributed by atoms with E-state index in [4.69, 9.17) is 0 Å². The molecule has 5 nitrogen and oxygen atoms in total. The van der Waals surface area contributed by atoms with Crippen molar-refractivity contribution in [3.63, 3.8) is 0 Å². The quantitative estimate of drug-likeness (QED) is 0.837. The molecule has 2 aromatic rings. The molecule has 1 unspecified atom stereocenters. The van der Waals surface area contributed by atoms with Crippen LogP contribution >= 0.6 is 0 Å². The number of piperazine rings is 1. The highest BCUT2D eigenvalue weighted by Crippen LogP contribution is 2.30. The van der Waals surface area contributed by atoms with E-state index in [1.165, 1.54) is 5.69 Å². The molecule has 1 atom stereocenters. The van der Waals surface area contributed by atoms with Gasteiger partial charge < -0.3 is 9.80 Å². The van der Waals surface area contributed by atoms with Crippen LogP contribution in [-0.2, 0) is 4.79 Å². The van der Waals surface area contributed by atoms with Crippen molar-refractivity contribution in [2.45, 2.75) is 13.3 Å². The lowest BCUT2D eigenvalue weighted by atomic mass is 9.91. The zero-order chi connectivity index (χ0) is 18.6. The highest BCUT2D eigenvalue weighted by molar-refractivity contribution is 5.87. The van der Waals surface area contributed by atoms with E-state index in [0.717, 1.165) is 49.7 Å². The van der Waals surface area contributed by atoms with Gasteiger partial charge in [-0.2, -0.15) is 0 Å². The van der Waals surface area contributed by atoms with Crippen LogP contribution in [-0.4, -0.2) is 41.9 Å². The second-order valence-corrected chi connectivity index (χ2v) is 7.02. The summed E-state index contributed by atoms with van der Waals surface area (Å²) < 4.78 is 0. The van der Waals surface area contributed by atoms with Crippen LogP contribution < -0.4 is 9.80 Å². The molecular weight excluding hydrogens is 336 g/mol. The molecule has 1 saturated heterocycles. The minimum Gasteiger partial charge on any atom is -0.368 e. The number of Topliss-reactive ketones (excluding diaryl/α,β-unsaturated/α-hetero) is 1. The number of carbonyl (C=O) groups is 1. The maximum Gasteiger partial charge on any atom is 0.155 e. The molecule has 2 aliphatic rings.